The number of hydrogen-bond acceptors (Lipinski definition) is 5. The molecule has 4 rings (SSSR count). The zero-order valence-corrected chi connectivity index (χ0v) is 25.5. The highest BCUT2D eigenvalue weighted by Gasteiger charge is 2.24. The Bertz CT molecular complexity index is 1090. The maximum atomic E-state index is 5.69. The average molecular weight is 533 g/mol. The van der Waals surface area contributed by atoms with Crippen LogP contribution in [0.1, 0.15) is 76.5 Å². The fourth-order valence-corrected chi connectivity index (χ4v) is 5.77. The highest BCUT2D eigenvalue weighted by atomic mass is 16.5. The molecule has 3 heterocycles. The monoisotopic (exact) mass is 532 g/mol. The van der Waals surface area contributed by atoms with Crippen LogP contribution in [-0.2, 0) is 11.2 Å². The summed E-state index contributed by atoms with van der Waals surface area (Å²) < 4.78 is 5.69. The Hall–Kier alpha value is -2.52. The first kappa shape index (κ1) is 31.0. The second-order valence-corrected chi connectivity index (χ2v) is 11.3. The quantitative estimate of drug-likeness (QED) is 0.461. The first-order valence-electron chi connectivity index (χ1n) is 15.0. The number of hydrogen-bond donors (Lipinski definition) is 2. The molecule has 3 aliphatic heterocycles. The van der Waals surface area contributed by atoms with E-state index >= 15 is 0 Å². The molecule has 0 aliphatic carbocycles. The van der Waals surface area contributed by atoms with Crippen LogP contribution < -0.4 is 16.0 Å². The summed E-state index contributed by atoms with van der Waals surface area (Å²) in [5.41, 5.74) is 15.0. The van der Waals surface area contributed by atoms with Gasteiger partial charge in [0.1, 0.15) is 0 Å². The predicted molar refractivity (Wildman–Crippen MR) is 167 cm³/mol. The van der Waals surface area contributed by atoms with Crippen LogP contribution in [0.4, 0.5) is 5.69 Å². The lowest BCUT2D eigenvalue weighted by Crippen LogP contribution is -2.40. The van der Waals surface area contributed by atoms with Gasteiger partial charge in [-0.3, -0.25) is 0 Å². The van der Waals surface area contributed by atoms with E-state index in [9.17, 15) is 0 Å². The lowest BCUT2D eigenvalue weighted by atomic mass is 9.91. The molecule has 2 fully saturated rings. The molecule has 0 bridgehead atoms. The van der Waals surface area contributed by atoms with Gasteiger partial charge in [-0.15, -0.1) is 0 Å². The summed E-state index contributed by atoms with van der Waals surface area (Å²) in [5.74, 6) is 7.75. The number of nitrogens with zero attached hydrogens (tertiary/aromatic N) is 2. The number of ether oxygens (including phenoxy) is 1. The summed E-state index contributed by atoms with van der Waals surface area (Å²) >= 11 is 0. The molecule has 0 aromatic heterocycles. The Kier molecular flexibility index (Phi) is 12.2. The second-order valence-electron chi connectivity index (χ2n) is 11.3. The van der Waals surface area contributed by atoms with Crippen molar-refractivity contribution in [1.29, 1.82) is 0 Å². The third-order valence-electron chi connectivity index (χ3n) is 8.22. The molecular weight excluding hydrogens is 480 g/mol. The summed E-state index contributed by atoms with van der Waals surface area (Å²) in [6, 6.07) is 5.22. The number of piperidine rings is 1. The Morgan fingerprint density at radius 3 is 2.41 bits per heavy atom. The van der Waals surface area contributed by atoms with Crippen LogP contribution in [0.3, 0.4) is 0 Å². The van der Waals surface area contributed by atoms with Crippen molar-refractivity contribution >= 4 is 5.69 Å². The van der Waals surface area contributed by atoms with Crippen LogP contribution in [0, 0.1) is 24.7 Å². The first-order valence-corrected chi connectivity index (χ1v) is 15.0. The number of likely N-dealkylation sites (tertiary alicyclic amines) is 1. The first-order chi connectivity index (χ1) is 18.8. The molecule has 2 saturated heterocycles. The van der Waals surface area contributed by atoms with Gasteiger partial charge in [0.05, 0.1) is 0 Å². The summed E-state index contributed by atoms with van der Waals surface area (Å²) in [6.07, 6.45) is 8.63. The normalized spacial score (nSPS) is 19.3. The minimum Gasteiger partial charge on any atom is -0.381 e. The molecule has 0 radical (unpaired) electrons. The van der Waals surface area contributed by atoms with Crippen molar-refractivity contribution in [3.05, 3.63) is 64.0 Å². The van der Waals surface area contributed by atoms with Crippen molar-refractivity contribution in [3.8, 4) is 11.8 Å². The second kappa shape index (κ2) is 15.3. The van der Waals surface area contributed by atoms with Crippen molar-refractivity contribution in [2.45, 2.75) is 79.2 Å². The molecule has 3 N–H and O–H groups in total. The minimum absolute atomic E-state index is 0.497. The number of benzene rings is 1. The Balaban J connectivity index is 0.00000134. The zero-order chi connectivity index (χ0) is 28.4. The van der Waals surface area contributed by atoms with Gasteiger partial charge in [-0.2, -0.15) is 0 Å². The van der Waals surface area contributed by atoms with Crippen molar-refractivity contribution in [2.24, 2.45) is 11.7 Å². The number of allylic oxidation sites excluding steroid dienone is 4. The molecule has 1 aromatic rings. The summed E-state index contributed by atoms with van der Waals surface area (Å²) in [5, 5.41) is 3.50. The number of nitrogens with one attached hydrogen (secondary N) is 1. The van der Waals surface area contributed by atoms with Gasteiger partial charge in [-0.1, -0.05) is 37.0 Å². The minimum atomic E-state index is 0.497. The van der Waals surface area contributed by atoms with Crippen LogP contribution in [-0.4, -0.2) is 57.4 Å². The Labute approximate surface area is 238 Å². The van der Waals surface area contributed by atoms with Gasteiger partial charge in [0, 0.05) is 54.4 Å². The lowest BCUT2D eigenvalue weighted by Gasteiger charge is -2.37. The topological polar surface area (TPSA) is 53.8 Å². The molecule has 39 heavy (non-hydrogen) atoms. The molecule has 0 spiro atoms. The van der Waals surface area contributed by atoms with E-state index in [4.69, 9.17) is 10.5 Å². The predicted octanol–water partition coefficient (Wildman–Crippen LogP) is 5.93. The maximum absolute atomic E-state index is 5.69. The van der Waals surface area contributed by atoms with Gasteiger partial charge in [-0.25, -0.2) is 0 Å². The van der Waals surface area contributed by atoms with Crippen LogP contribution >= 0.6 is 0 Å². The van der Waals surface area contributed by atoms with Crippen LogP contribution in [0.15, 0.2) is 47.3 Å². The van der Waals surface area contributed by atoms with Gasteiger partial charge >= 0.3 is 0 Å². The molecule has 3 aliphatic rings. The lowest BCUT2D eigenvalue weighted by molar-refractivity contribution is 0.0846. The van der Waals surface area contributed by atoms with E-state index in [1.165, 1.54) is 46.5 Å². The summed E-state index contributed by atoms with van der Waals surface area (Å²) in [7, 11) is 2.21. The highest BCUT2D eigenvalue weighted by Crippen LogP contribution is 2.33. The highest BCUT2D eigenvalue weighted by molar-refractivity contribution is 5.63. The fraction of sp³-hybridized carbons (Fsp3) is 0.588. The Morgan fingerprint density at radius 1 is 1.10 bits per heavy atom. The molecule has 0 unspecified atom stereocenters. The van der Waals surface area contributed by atoms with Gasteiger partial charge in [-0.05, 0) is 122 Å². The van der Waals surface area contributed by atoms with E-state index in [0.717, 1.165) is 76.3 Å². The zero-order valence-electron chi connectivity index (χ0n) is 25.5. The van der Waals surface area contributed by atoms with Crippen molar-refractivity contribution in [1.82, 2.24) is 10.2 Å². The van der Waals surface area contributed by atoms with Gasteiger partial charge in [0.2, 0.25) is 0 Å². The number of rotatable bonds is 5. The van der Waals surface area contributed by atoms with E-state index in [2.05, 4.69) is 86.5 Å². The number of nitrogens with two attached hydrogens (primary N) is 1. The molecular formula is C34H52N4O. The van der Waals surface area contributed by atoms with Crippen molar-refractivity contribution < 1.29 is 4.74 Å². The average Bonchev–Trinajstić information content (AvgIpc) is 3.04. The summed E-state index contributed by atoms with van der Waals surface area (Å²) in [4.78, 5) is 5.02. The van der Waals surface area contributed by atoms with E-state index in [1.807, 2.05) is 6.92 Å². The van der Waals surface area contributed by atoms with E-state index in [-0.39, 0.29) is 0 Å². The molecule has 1 aromatic carbocycles. The van der Waals surface area contributed by atoms with Crippen molar-refractivity contribution in [3.63, 3.8) is 0 Å². The van der Waals surface area contributed by atoms with Crippen LogP contribution in [0.2, 0.25) is 0 Å². The smallest absolute Gasteiger partial charge is 0.0485 e. The molecule has 214 valence electrons. The van der Waals surface area contributed by atoms with Gasteiger partial charge in [0.25, 0.3) is 0 Å². The van der Waals surface area contributed by atoms with Gasteiger partial charge < -0.3 is 25.6 Å². The van der Waals surface area contributed by atoms with Crippen LogP contribution in [0.5, 0.6) is 0 Å². The van der Waals surface area contributed by atoms with Gasteiger partial charge in [0.15, 0.2) is 0 Å². The largest absolute Gasteiger partial charge is 0.381 e. The van der Waals surface area contributed by atoms with Crippen molar-refractivity contribution in [2.75, 3.05) is 51.3 Å². The SMILES string of the molecule is C=C1NC(C)=CCC(C)=C1Cc1cc(C#CC2CCN(C)CC2)cc(N(CC)C2CCOCC2)c1C.CCN. The van der Waals surface area contributed by atoms with E-state index < -0.39 is 0 Å². The third-order valence-corrected chi connectivity index (χ3v) is 8.22. The summed E-state index contributed by atoms with van der Waals surface area (Å²) in [6.45, 7) is 21.0. The molecule has 5 heteroatoms. The molecule has 5 nitrogen and oxygen atoms in total. The third kappa shape index (κ3) is 8.73. The van der Waals surface area contributed by atoms with Crippen LogP contribution in [0.25, 0.3) is 0 Å². The van der Waals surface area contributed by atoms with E-state index in [1.54, 1.807) is 0 Å². The Morgan fingerprint density at radius 2 is 1.77 bits per heavy atom. The van der Waals surface area contributed by atoms with E-state index in [0.29, 0.717) is 12.0 Å². The maximum Gasteiger partial charge on any atom is 0.0485 e. The number of anilines is 1. The standard InChI is InChI=1S/C32H45N3O.C2H7N/c1-7-35(30-14-18-36-19-15-30)32-21-28(11-10-27-12-16-34(6)17-13-27)20-29(25(32)4)22-31-23(2)8-9-24(3)33-26(31)5;1-2-3/h9,20-21,27,30,33H,5,7-8,12-19,22H2,1-4,6H3;2-3H2,1H3. The molecule has 0 saturated carbocycles. The molecule has 0 amide bonds. The molecule has 0 atom stereocenters. The fourth-order valence-electron chi connectivity index (χ4n) is 5.77.